The van der Waals surface area contributed by atoms with Gasteiger partial charge in [0, 0.05) is 5.56 Å². The highest BCUT2D eigenvalue weighted by atomic mass is 35.5. The molecule has 0 spiro atoms. The van der Waals surface area contributed by atoms with Gasteiger partial charge in [0.05, 0.1) is 21.3 Å². The zero-order valence-electron chi connectivity index (χ0n) is 10.4. The molecule has 0 aliphatic carbocycles. The molecule has 0 aliphatic heterocycles. The number of carboxylic acids is 1. The molecule has 0 fully saturated rings. The summed E-state index contributed by atoms with van der Waals surface area (Å²) in [4.78, 5) is 10.7. The molecule has 0 unspecified atom stereocenters. The Bertz CT molecular complexity index is 666. The number of hydrazone groups is 1. The van der Waals surface area contributed by atoms with Crippen molar-refractivity contribution < 1.29 is 9.90 Å². The van der Waals surface area contributed by atoms with Crippen molar-refractivity contribution >= 4 is 51.9 Å². The topological polar surface area (TPSA) is 61.7 Å². The highest BCUT2D eigenvalue weighted by molar-refractivity contribution is 7.20. The van der Waals surface area contributed by atoms with Crippen LogP contribution in [0.1, 0.15) is 22.8 Å². The Morgan fingerprint density at radius 1 is 1.30 bits per heavy atom. The van der Waals surface area contributed by atoms with Crippen LogP contribution in [0, 0.1) is 0 Å². The number of hydrogen-bond acceptors (Lipinski definition) is 4. The summed E-state index contributed by atoms with van der Waals surface area (Å²) in [6.45, 7) is 1.81. The van der Waals surface area contributed by atoms with Crippen LogP contribution in [0.4, 0.5) is 5.69 Å². The third-order valence-electron chi connectivity index (χ3n) is 2.53. The normalized spacial score (nSPS) is 11.4. The van der Waals surface area contributed by atoms with Gasteiger partial charge in [0.2, 0.25) is 0 Å². The van der Waals surface area contributed by atoms with Crippen molar-refractivity contribution in [1.82, 2.24) is 0 Å². The van der Waals surface area contributed by atoms with Gasteiger partial charge in [0.1, 0.15) is 4.34 Å². The van der Waals surface area contributed by atoms with Crippen LogP contribution in [-0.4, -0.2) is 16.8 Å². The number of nitrogens with one attached hydrogen (secondary N) is 1. The number of hydrogen-bond donors (Lipinski definition) is 2. The lowest BCUT2D eigenvalue weighted by molar-refractivity contribution is 0.0697. The molecule has 1 heterocycles. The second kappa shape index (κ2) is 6.26. The van der Waals surface area contributed by atoms with E-state index in [1.165, 1.54) is 23.5 Å². The van der Waals surface area contributed by atoms with Gasteiger partial charge in [-0.3, -0.25) is 5.43 Å². The number of anilines is 1. The molecule has 2 aromatic rings. The number of nitrogens with zero attached hydrogens (tertiary/aromatic N) is 1. The lowest BCUT2D eigenvalue weighted by Crippen LogP contribution is -2.00. The van der Waals surface area contributed by atoms with Crippen molar-refractivity contribution in [3.8, 4) is 0 Å². The maximum atomic E-state index is 10.7. The number of carboxylic acid groups (broad SMARTS) is 1. The summed E-state index contributed by atoms with van der Waals surface area (Å²) < 4.78 is 1.18. The van der Waals surface area contributed by atoms with Crippen LogP contribution in [0.3, 0.4) is 0 Å². The molecular weight excluding hydrogens is 319 g/mol. The second-order valence-corrected chi connectivity index (χ2v) is 6.21. The summed E-state index contributed by atoms with van der Waals surface area (Å²) in [6.07, 6.45) is 0. The first kappa shape index (κ1) is 14.8. The Hall–Kier alpha value is -1.56. The quantitative estimate of drug-likeness (QED) is 0.637. The highest BCUT2D eigenvalue weighted by Gasteiger charge is 2.08. The molecule has 1 aromatic heterocycles. The first-order valence-corrected chi connectivity index (χ1v) is 7.13. The molecule has 0 saturated heterocycles. The predicted molar refractivity (Wildman–Crippen MR) is 83.6 cm³/mol. The van der Waals surface area contributed by atoms with Crippen molar-refractivity contribution in [2.24, 2.45) is 5.10 Å². The molecule has 0 saturated carbocycles. The third kappa shape index (κ3) is 3.50. The van der Waals surface area contributed by atoms with Crippen molar-refractivity contribution in [3.63, 3.8) is 0 Å². The van der Waals surface area contributed by atoms with Crippen molar-refractivity contribution in [2.75, 3.05) is 5.43 Å². The number of aromatic carboxylic acids is 1. The molecule has 4 nitrogen and oxygen atoms in total. The molecule has 0 bridgehead atoms. The molecular formula is C13H10Cl2N2O2S. The number of carbonyl (C=O) groups is 1. The summed E-state index contributed by atoms with van der Waals surface area (Å²) in [5, 5.41) is 13.0. The minimum atomic E-state index is -0.962. The average molecular weight is 329 g/mol. The summed E-state index contributed by atoms with van der Waals surface area (Å²) >= 11 is 13.2. The van der Waals surface area contributed by atoms with Crippen molar-refractivity contribution in [2.45, 2.75) is 6.92 Å². The molecule has 0 atom stereocenters. The van der Waals surface area contributed by atoms with Crippen LogP contribution in [-0.2, 0) is 0 Å². The smallest absolute Gasteiger partial charge is 0.335 e. The van der Waals surface area contributed by atoms with Gasteiger partial charge in [0.25, 0.3) is 0 Å². The van der Waals surface area contributed by atoms with Gasteiger partial charge in [-0.05, 0) is 37.3 Å². The van der Waals surface area contributed by atoms with Crippen LogP contribution < -0.4 is 5.43 Å². The molecule has 0 aliphatic rings. The molecule has 7 heteroatoms. The van der Waals surface area contributed by atoms with Crippen LogP contribution in [0.25, 0.3) is 0 Å². The summed E-state index contributed by atoms with van der Waals surface area (Å²) in [7, 11) is 0. The lowest BCUT2D eigenvalue weighted by atomic mass is 10.2. The first-order valence-electron chi connectivity index (χ1n) is 5.56. The largest absolute Gasteiger partial charge is 0.478 e. The van der Waals surface area contributed by atoms with Gasteiger partial charge >= 0.3 is 5.97 Å². The summed E-state index contributed by atoms with van der Waals surface area (Å²) in [6, 6.07) is 8.04. The minimum Gasteiger partial charge on any atom is -0.478 e. The number of rotatable bonds is 4. The van der Waals surface area contributed by atoms with E-state index in [2.05, 4.69) is 10.5 Å². The first-order chi connectivity index (χ1) is 9.47. The van der Waals surface area contributed by atoms with E-state index in [0.717, 1.165) is 5.56 Å². The van der Waals surface area contributed by atoms with E-state index in [1.807, 2.05) is 6.92 Å². The fourth-order valence-electron chi connectivity index (χ4n) is 1.48. The van der Waals surface area contributed by atoms with E-state index in [4.69, 9.17) is 28.3 Å². The standard InChI is InChI=1S/C13H10Cl2N2O2S/c1-7(10-6-11(14)20-12(10)15)16-17-9-4-2-8(3-5-9)13(18)19/h2-6,17H,1H3,(H,18,19). The number of thiophene rings is 1. The Morgan fingerprint density at radius 2 is 1.95 bits per heavy atom. The minimum absolute atomic E-state index is 0.226. The van der Waals surface area contributed by atoms with Crippen molar-refractivity contribution in [3.05, 3.63) is 50.1 Å². The molecule has 104 valence electrons. The third-order valence-corrected chi connectivity index (χ3v) is 4.02. The lowest BCUT2D eigenvalue weighted by Gasteiger charge is -2.03. The maximum Gasteiger partial charge on any atom is 0.335 e. The number of benzene rings is 1. The molecule has 0 amide bonds. The molecule has 0 radical (unpaired) electrons. The Labute approximate surface area is 129 Å². The fourth-order valence-corrected chi connectivity index (χ4v) is 3.05. The highest BCUT2D eigenvalue weighted by Crippen LogP contribution is 2.31. The van der Waals surface area contributed by atoms with Crippen LogP contribution in [0.15, 0.2) is 35.4 Å². The Morgan fingerprint density at radius 3 is 2.45 bits per heavy atom. The van der Waals surface area contributed by atoms with E-state index in [9.17, 15) is 4.79 Å². The maximum absolute atomic E-state index is 10.7. The summed E-state index contributed by atoms with van der Waals surface area (Å²) in [5.74, 6) is -0.962. The van der Waals surface area contributed by atoms with Gasteiger partial charge < -0.3 is 5.11 Å². The average Bonchev–Trinajstić information content (AvgIpc) is 2.75. The molecule has 1 aromatic carbocycles. The predicted octanol–water partition coefficient (Wildman–Crippen LogP) is 4.59. The van der Waals surface area contributed by atoms with E-state index < -0.39 is 5.97 Å². The van der Waals surface area contributed by atoms with Crippen LogP contribution in [0.5, 0.6) is 0 Å². The zero-order valence-corrected chi connectivity index (χ0v) is 12.7. The zero-order chi connectivity index (χ0) is 14.7. The summed E-state index contributed by atoms with van der Waals surface area (Å²) in [5.41, 5.74) is 5.23. The molecule has 2 rings (SSSR count). The van der Waals surface area contributed by atoms with Gasteiger partial charge in [-0.25, -0.2) is 4.79 Å². The monoisotopic (exact) mass is 328 g/mol. The van der Waals surface area contributed by atoms with Gasteiger partial charge in [-0.2, -0.15) is 5.10 Å². The van der Waals surface area contributed by atoms with E-state index in [0.29, 0.717) is 20.1 Å². The van der Waals surface area contributed by atoms with Gasteiger partial charge in [0.15, 0.2) is 0 Å². The van der Waals surface area contributed by atoms with Gasteiger partial charge in [-0.1, -0.05) is 23.2 Å². The Balaban J connectivity index is 2.12. The second-order valence-electron chi connectivity index (χ2n) is 3.93. The van der Waals surface area contributed by atoms with Crippen molar-refractivity contribution in [1.29, 1.82) is 0 Å². The Kier molecular flexibility index (Phi) is 4.65. The van der Waals surface area contributed by atoms with Gasteiger partial charge in [-0.15, -0.1) is 11.3 Å². The van der Waals surface area contributed by atoms with Crippen LogP contribution in [0.2, 0.25) is 8.67 Å². The van der Waals surface area contributed by atoms with E-state index >= 15 is 0 Å². The molecule has 2 N–H and O–H groups in total. The molecule has 20 heavy (non-hydrogen) atoms. The van der Waals surface area contributed by atoms with E-state index in [-0.39, 0.29) is 5.56 Å². The van der Waals surface area contributed by atoms with Crippen LogP contribution >= 0.6 is 34.5 Å². The number of halogens is 2. The van der Waals surface area contributed by atoms with E-state index in [1.54, 1.807) is 18.2 Å². The fraction of sp³-hybridized carbons (Fsp3) is 0.0769. The SMILES string of the molecule is CC(=NNc1ccc(C(=O)O)cc1)c1cc(Cl)sc1Cl.